The molecule has 9 N–H and O–H groups in total. The monoisotopic (exact) mass is 624 g/mol. The summed E-state index contributed by atoms with van der Waals surface area (Å²) in [4.78, 5) is 13.7. The van der Waals surface area contributed by atoms with Gasteiger partial charge in [-0.25, -0.2) is 0 Å². The van der Waals surface area contributed by atoms with Crippen LogP contribution >= 0.6 is 0 Å². The Morgan fingerprint density at radius 1 is 0.727 bits per heavy atom. The summed E-state index contributed by atoms with van der Waals surface area (Å²) < 4.78 is 33.2. The first-order chi connectivity index (χ1) is 21.0. The highest BCUT2D eigenvalue weighted by Crippen LogP contribution is 2.38. The fourth-order valence-corrected chi connectivity index (χ4v) is 4.94. The molecule has 2 aliphatic rings. The third kappa shape index (κ3) is 5.80. The minimum atomic E-state index is -1.87. The van der Waals surface area contributed by atoms with Gasteiger partial charge in [0.25, 0.3) is 0 Å². The van der Waals surface area contributed by atoms with E-state index in [-0.39, 0.29) is 33.8 Å². The Morgan fingerprint density at radius 3 is 1.80 bits per heavy atom. The van der Waals surface area contributed by atoms with Crippen LogP contribution in [0, 0.1) is 0 Å². The number of hydrogen-bond donors (Lipinski definition) is 9. The number of aliphatic hydroxyl groups is 8. The fraction of sp³-hybridized carbons (Fsp3) is 0.464. The molecule has 44 heavy (non-hydrogen) atoms. The molecule has 2 saturated heterocycles. The number of benzene rings is 2. The average Bonchev–Trinajstić information content (AvgIpc) is 3.02. The molecule has 2 fully saturated rings. The van der Waals surface area contributed by atoms with Crippen molar-refractivity contribution in [3.05, 3.63) is 46.6 Å². The minimum absolute atomic E-state index is 0.0944. The van der Waals surface area contributed by atoms with Gasteiger partial charge in [-0.1, -0.05) is 0 Å². The number of aliphatic hydroxyl groups excluding tert-OH is 8. The highest BCUT2D eigenvalue weighted by Gasteiger charge is 2.46. The van der Waals surface area contributed by atoms with Crippen molar-refractivity contribution < 1.29 is 74.1 Å². The Kier molecular flexibility index (Phi) is 9.28. The van der Waals surface area contributed by atoms with Gasteiger partial charge in [-0.2, -0.15) is 0 Å². The summed E-state index contributed by atoms with van der Waals surface area (Å²) in [7, 11) is 1.34. The Balaban J connectivity index is 1.53. The smallest absolute Gasteiger partial charge is 0.239 e. The molecule has 0 spiro atoms. The molecule has 5 rings (SSSR count). The number of phenols is 1. The molecule has 16 heteroatoms. The summed E-state index contributed by atoms with van der Waals surface area (Å²) in [6.07, 6.45) is -16.0. The summed E-state index contributed by atoms with van der Waals surface area (Å²) in [6.45, 7) is -1.40. The van der Waals surface area contributed by atoms with Crippen molar-refractivity contribution in [2.45, 2.75) is 61.4 Å². The first-order valence-electron chi connectivity index (χ1n) is 13.4. The number of ether oxygens (including phenoxy) is 5. The lowest BCUT2D eigenvalue weighted by molar-refractivity contribution is -0.277. The highest BCUT2D eigenvalue weighted by atomic mass is 16.7. The molecule has 0 unspecified atom stereocenters. The van der Waals surface area contributed by atoms with E-state index >= 15 is 0 Å². The molecule has 16 nitrogen and oxygen atoms in total. The summed E-state index contributed by atoms with van der Waals surface area (Å²) in [5.74, 6) is -1.05. The van der Waals surface area contributed by atoms with Crippen LogP contribution in [0.5, 0.6) is 23.0 Å². The topological polar surface area (TPSA) is 258 Å². The highest BCUT2D eigenvalue weighted by molar-refractivity contribution is 5.88. The lowest BCUT2D eigenvalue weighted by atomic mass is 9.99. The Hall–Kier alpha value is -3.55. The van der Waals surface area contributed by atoms with Crippen LogP contribution in [-0.2, 0) is 9.47 Å². The zero-order valence-corrected chi connectivity index (χ0v) is 23.0. The van der Waals surface area contributed by atoms with Crippen LogP contribution in [-0.4, -0.2) is 128 Å². The van der Waals surface area contributed by atoms with Gasteiger partial charge in [0.2, 0.25) is 23.8 Å². The van der Waals surface area contributed by atoms with Crippen molar-refractivity contribution in [2.75, 3.05) is 20.3 Å². The van der Waals surface area contributed by atoms with Crippen molar-refractivity contribution in [3.8, 4) is 34.3 Å². The van der Waals surface area contributed by atoms with Crippen molar-refractivity contribution in [2.24, 2.45) is 0 Å². The maximum atomic E-state index is 13.7. The van der Waals surface area contributed by atoms with Crippen LogP contribution in [0.1, 0.15) is 0 Å². The predicted molar refractivity (Wildman–Crippen MR) is 145 cm³/mol. The Bertz CT molecular complexity index is 1500. The van der Waals surface area contributed by atoms with E-state index in [1.807, 2.05) is 0 Å². The van der Waals surface area contributed by atoms with E-state index in [1.165, 1.54) is 43.5 Å². The van der Waals surface area contributed by atoms with Crippen LogP contribution in [0.25, 0.3) is 22.3 Å². The Morgan fingerprint density at radius 2 is 1.27 bits per heavy atom. The van der Waals surface area contributed by atoms with Gasteiger partial charge in [-0.05, 0) is 24.3 Å². The number of rotatable bonds is 8. The summed E-state index contributed by atoms with van der Waals surface area (Å²) >= 11 is 0. The van der Waals surface area contributed by atoms with Crippen molar-refractivity contribution in [1.82, 2.24) is 0 Å². The quantitative estimate of drug-likeness (QED) is 0.126. The van der Waals surface area contributed by atoms with Crippen molar-refractivity contribution in [1.29, 1.82) is 0 Å². The van der Waals surface area contributed by atoms with E-state index in [2.05, 4.69) is 0 Å². The molecule has 1 aromatic heterocycles. The predicted octanol–water partition coefficient (Wildman–Crippen LogP) is -2.47. The third-order valence-electron chi connectivity index (χ3n) is 7.44. The zero-order valence-electron chi connectivity index (χ0n) is 23.0. The fourth-order valence-electron chi connectivity index (χ4n) is 4.94. The average molecular weight is 625 g/mol. The molecule has 240 valence electrons. The van der Waals surface area contributed by atoms with E-state index in [4.69, 9.17) is 28.1 Å². The normalized spacial score (nSPS) is 32.4. The number of hydrogen-bond acceptors (Lipinski definition) is 16. The first kappa shape index (κ1) is 31.9. The molecular weight excluding hydrogens is 592 g/mol. The first-order valence-corrected chi connectivity index (χ1v) is 13.4. The minimum Gasteiger partial charge on any atom is -0.507 e. The third-order valence-corrected chi connectivity index (χ3v) is 7.44. The van der Waals surface area contributed by atoms with Gasteiger partial charge in [0.05, 0.1) is 20.3 Å². The molecule has 10 atom stereocenters. The molecular formula is C28H32O16. The van der Waals surface area contributed by atoms with Gasteiger partial charge >= 0.3 is 0 Å². The molecule has 3 aromatic rings. The maximum Gasteiger partial charge on any atom is 0.239 e. The van der Waals surface area contributed by atoms with Crippen LogP contribution in [0.3, 0.4) is 0 Å². The second-order valence-electron chi connectivity index (χ2n) is 10.3. The van der Waals surface area contributed by atoms with Crippen LogP contribution < -0.4 is 19.6 Å². The van der Waals surface area contributed by atoms with Crippen LogP contribution in [0.15, 0.2) is 45.6 Å². The molecule has 3 heterocycles. The van der Waals surface area contributed by atoms with Gasteiger partial charge in [-0.15, -0.1) is 0 Å². The number of methoxy groups -OCH3 is 1. The van der Waals surface area contributed by atoms with E-state index in [0.29, 0.717) is 0 Å². The zero-order chi connectivity index (χ0) is 31.9. The van der Waals surface area contributed by atoms with E-state index < -0.39 is 91.6 Å². The molecule has 2 aromatic carbocycles. The SMILES string of the molecule is COc1cc(O)c2c(=O)c(O[C@@H]3O[C@@H](CO)[C@H](O)[C@@H](O)[C@@H]3O)c(-c3ccc(O[C@@H]4O[C@@H](CO)[C@H](O)[C@@H](O)[C@@H]4O)cc3)oc2c1. The van der Waals surface area contributed by atoms with Crippen molar-refractivity contribution >= 4 is 11.0 Å². The van der Waals surface area contributed by atoms with Gasteiger partial charge in [0.15, 0.2) is 5.76 Å². The van der Waals surface area contributed by atoms with Gasteiger partial charge in [-0.3, -0.25) is 4.79 Å². The Labute approximate surface area is 248 Å². The van der Waals surface area contributed by atoms with Crippen molar-refractivity contribution in [3.63, 3.8) is 0 Å². The number of phenolic OH excluding ortho intramolecular Hbond substituents is 1. The standard InChI is InChI=1S/C28H32O16/c1-39-12-6-13(31)17-14(7-12)41-25(26(20(17)34)44-28-24(38)22(36)19(33)16(9-30)43-28)10-2-4-11(5-3-10)40-27-23(37)21(35)18(32)15(8-29)42-27/h2-7,15-16,18-19,21-24,27-33,35-38H,8-9H2,1H3/t15-,16-,18-,19-,21+,22+,23-,24-,27+,28-/m0/s1. The summed E-state index contributed by atoms with van der Waals surface area (Å²) in [5.41, 5.74) is -0.822. The van der Waals surface area contributed by atoms with Gasteiger partial charge in [0, 0.05) is 17.7 Å². The van der Waals surface area contributed by atoms with Gasteiger partial charge in [0.1, 0.15) is 77.0 Å². The molecule has 0 amide bonds. The van der Waals surface area contributed by atoms with Gasteiger partial charge < -0.3 is 74.1 Å². The molecule has 0 bridgehead atoms. The van der Waals surface area contributed by atoms with E-state index in [9.17, 15) is 50.8 Å². The second kappa shape index (κ2) is 12.8. The number of aromatic hydroxyl groups is 1. The lowest BCUT2D eigenvalue weighted by Crippen LogP contribution is -2.60. The molecule has 0 saturated carbocycles. The van der Waals surface area contributed by atoms with E-state index in [0.717, 1.165) is 0 Å². The largest absolute Gasteiger partial charge is 0.507 e. The van der Waals surface area contributed by atoms with Crippen LogP contribution in [0.4, 0.5) is 0 Å². The molecule has 0 aliphatic carbocycles. The maximum absolute atomic E-state index is 13.7. The summed E-state index contributed by atoms with van der Waals surface area (Å²) in [6, 6.07) is 8.08. The molecule has 0 radical (unpaired) electrons. The van der Waals surface area contributed by atoms with Crippen LogP contribution in [0.2, 0.25) is 0 Å². The molecule has 2 aliphatic heterocycles. The van der Waals surface area contributed by atoms with E-state index in [1.54, 1.807) is 0 Å². The second-order valence-corrected chi connectivity index (χ2v) is 10.3. The lowest BCUT2D eigenvalue weighted by Gasteiger charge is -2.39. The number of fused-ring (bicyclic) bond motifs is 1. The summed E-state index contributed by atoms with van der Waals surface area (Å²) in [5, 5.41) is 90.4.